The van der Waals surface area contributed by atoms with Crippen LogP contribution in [0.1, 0.15) is 42.5 Å². The number of hydrogen-bond acceptors (Lipinski definition) is 3. The minimum absolute atomic E-state index is 0.0417. The molecule has 1 atom stereocenters. The van der Waals surface area contributed by atoms with E-state index in [1.54, 1.807) is 14.0 Å². The van der Waals surface area contributed by atoms with Crippen LogP contribution >= 0.6 is 0 Å². The van der Waals surface area contributed by atoms with Gasteiger partial charge in [-0.1, -0.05) is 6.07 Å². The third-order valence-corrected chi connectivity index (χ3v) is 3.82. The molecule has 1 heterocycles. The highest BCUT2D eigenvalue weighted by atomic mass is 16.5. The van der Waals surface area contributed by atoms with Crippen LogP contribution in [0.25, 0.3) is 0 Å². The Kier molecular flexibility index (Phi) is 3.92. The summed E-state index contributed by atoms with van der Waals surface area (Å²) in [6, 6.07) is 4.12. The van der Waals surface area contributed by atoms with Crippen LogP contribution in [-0.4, -0.2) is 29.8 Å². The van der Waals surface area contributed by atoms with E-state index in [-0.39, 0.29) is 11.9 Å². The summed E-state index contributed by atoms with van der Waals surface area (Å²) in [5.41, 5.74) is 4.30. The normalized spacial score (nSPS) is 19.3. The first-order valence-corrected chi connectivity index (χ1v) is 6.72. The molecule has 2 rings (SSSR count). The third kappa shape index (κ3) is 2.65. The molecule has 0 fully saturated rings. The van der Waals surface area contributed by atoms with Crippen molar-refractivity contribution in [1.82, 2.24) is 5.06 Å². The maximum absolute atomic E-state index is 11.9. The Morgan fingerprint density at radius 3 is 2.68 bits per heavy atom. The fraction of sp³-hybridized carbons (Fsp3) is 0.533. The van der Waals surface area contributed by atoms with Crippen molar-refractivity contribution in [1.29, 1.82) is 0 Å². The van der Waals surface area contributed by atoms with Crippen LogP contribution in [-0.2, 0) is 4.79 Å². The topological polar surface area (TPSA) is 43.8 Å². The van der Waals surface area contributed by atoms with E-state index in [9.17, 15) is 10.0 Å². The smallest absolute Gasteiger partial charge is 0.223 e. The molecule has 1 N–H and O–H groups in total. The van der Waals surface area contributed by atoms with Gasteiger partial charge in [0.1, 0.15) is 0 Å². The number of aryl methyl sites for hydroxylation is 2. The zero-order valence-corrected chi connectivity index (χ0v) is 12.1. The van der Waals surface area contributed by atoms with E-state index in [4.69, 9.17) is 0 Å². The Bertz CT molecular complexity index is 497. The molecule has 0 saturated heterocycles. The SMILES string of the molecule is CC(=O)N1CCCC(N(C)O)c2c(C)cc(C)cc21. The van der Waals surface area contributed by atoms with Crippen molar-refractivity contribution in [2.75, 3.05) is 18.5 Å². The summed E-state index contributed by atoms with van der Waals surface area (Å²) in [5.74, 6) is 0.0625. The molecule has 4 nitrogen and oxygen atoms in total. The summed E-state index contributed by atoms with van der Waals surface area (Å²) in [6.07, 6.45) is 1.75. The van der Waals surface area contributed by atoms with Crippen LogP contribution in [0.2, 0.25) is 0 Å². The lowest BCUT2D eigenvalue weighted by Gasteiger charge is -2.27. The second kappa shape index (κ2) is 5.31. The zero-order valence-electron chi connectivity index (χ0n) is 12.1. The minimum atomic E-state index is -0.0417. The van der Waals surface area contributed by atoms with Gasteiger partial charge < -0.3 is 10.1 Å². The van der Waals surface area contributed by atoms with Crippen molar-refractivity contribution in [2.24, 2.45) is 0 Å². The minimum Gasteiger partial charge on any atom is -0.314 e. The molecule has 1 unspecified atom stereocenters. The number of carbonyl (C=O) groups is 1. The lowest BCUT2D eigenvalue weighted by Crippen LogP contribution is -2.29. The highest BCUT2D eigenvalue weighted by Gasteiger charge is 2.28. The third-order valence-electron chi connectivity index (χ3n) is 3.82. The molecule has 1 aliphatic rings. The number of fused-ring (bicyclic) bond motifs is 1. The summed E-state index contributed by atoms with van der Waals surface area (Å²) in [5, 5.41) is 11.2. The summed E-state index contributed by atoms with van der Waals surface area (Å²) < 4.78 is 0. The van der Waals surface area contributed by atoms with Crippen LogP contribution < -0.4 is 4.90 Å². The van der Waals surface area contributed by atoms with Crippen LogP contribution in [0.15, 0.2) is 12.1 Å². The predicted molar refractivity (Wildman–Crippen MR) is 75.5 cm³/mol. The number of hydroxylamine groups is 2. The first kappa shape index (κ1) is 14.0. The summed E-state index contributed by atoms with van der Waals surface area (Å²) >= 11 is 0. The molecular weight excluding hydrogens is 240 g/mol. The molecule has 0 spiro atoms. The molecule has 0 radical (unpaired) electrons. The summed E-state index contributed by atoms with van der Waals surface area (Å²) in [4.78, 5) is 13.7. The largest absolute Gasteiger partial charge is 0.314 e. The molecule has 0 aliphatic carbocycles. The average Bonchev–Trinajstić information content (AvgIpc) is 2.48. The van der Waals surface area contributed by atoms with E-state index >= 15 is 0 Å². The van der Waals surface area contributed by atoms with Gasteiger partial charge in [-0.25, -0.2) is 0 Å². The van der Waals surface area contributed by atoms with Crippen molar-refractivity contribution >= 4 is 11.6 Å². The Balaban J connectivity index is 2.63. The van der Waals surface area contributed by atoms with Gasteiger partial charge in [-0.3, -0.25) is 4.79 Å². The van der Waals surface area contributed by atoms with Crippen molar-refractivity contribution in [3.05, 3.63) is 28.8 Å². The highest BCUT2D eigenvalue weighted by molar-refractivity contribution is 5.93. The van der Waals surface area contributed by atoms with Crippen LogP contribution in [0, 0.1) is 13.8 Å². The van der Waals surface area contributed by atoms with E-state index in [1.807, 2.05) is 24.8 Å². The van der Waals surface area contributed by atoms with Crippen molar-refractivity contribution in [3.8, 4) is 0 Å². The Morgan fingerprint density at radius 2 is 2.11 bits per heavy atom. The van der Waals surface area contributed by atoms with Gasteiger partial charge in [-0.05, 0) is 49.4 Å². The molecule has 0 saturated carbocycles. The molecule has 104 valence electrons. The second-order valence-electron chi connectivity index (χ2n) is 5.42. The number of hydrogen-bond donors (Lipinski definition) is 1. The summed E-state index contributed by atoms with van der Waals surface area (Å²) in [7, 11) is 1.68. The number of nitrogens with zero attached hydrogens (tertiary/aromatic N) is 2. The molecule has 4 heteroatoms. The van der Waals surface area contributed by atoms with Crippen LogP contribution in [0.4, 0.5) is 5.69 Å². The van der Waals surface area contributed by atoms with Crippen LogP contribution in [0.3, 0.4) is 0 Å². The number of amides is 1. The van der Waals surface area contributed by atoms with Crippen molar-refractivity contribution < 1.29 is 10.0 Å². The predicted octanol–water partition coefficient (Wildman–Crippen LogP) is 2.81. The quantitative estimate of drug-likeness (QED) is 0.791. The second-order valence-corrected chi connectivity index (χ2v) is 5.42. The molecule has 0 bridgehead atoms. The molecule has 1 aromatic carbocycles. The Hall–Kier alpha value is -1.39. The Morgan fingerprint density at radius 1 is 1.42 bits per heavy atom. The standard InChI is InChI=1S/C15H22N2O2/c1-10-8-11(2)15-13(16(4)19)6-5-7-17(12(3)18)14(15)9-10/h8-9,13,19H,5-7H2,1-4H3. The lowest BCUT2D eigenvalue weighted by atomic mass is 9.95. The summed E-state index contributed by atoms with van der Waals surface area (Å²) in [6.45, 7) is 6.40. The first-order chi connectivity index (χ1) is 8.91. The van der Waals surface area contributed by atoms with E-state index in [0.717, 1.165) is 41.8 Å². The maximum Gasteiger partial charge on any atom is 0.223 e. The molecule has 1 amide bonds. The number of anilines is 1. The van der Waals surface area contributed by atoms with Crippen molar-refractivity contribution in [3.63, 3.8) is 0 Å². The van der Waals surface area contributed by atoms with E-state index in [1.165, 1.54) is 5.06 Å². The van der Waals surface area contributed by atoms with Crippen LogP contribution in [0.5, 0.6) is 0 Å². The molecular formula is C15H22N2O2. The molecule has 1 aliphatic heterocycles. The number of carbonyl (C=O) groups excluding carboxylic acids is 1. The lowest BCUT2D eigenvalue weighted by molar-refractivity contribution is -0.116. The highest BCUT2D eigenvalue weighted by Crippen LogP contribution is 2.38. The van der Waals surface area contributed by atoms with E-state index < -0.39 is 0 Å². The van der Waals surface area contributed by atoms with E-state index in [2.05, 4.69) is 6.07 Å². The molecule has 0 aromatic heterocycles. The fourth-order valence-corrected chi connectivity index (χ4v) is 3.02. The van der Waals surface area contributed by atoms with E-state index in [0.29, 0.717) is 0 Å². The Labute approximate surface area is 114 Å². The first-order valence-electron chi connectivity index (χ1n) is 6.72. The number of benzene rings is 1. The van der Waals surface area contributed by atoms with Gasteiger partial charge in [-0.2, -0.15) is 5.06 Å². The fourth-order valence-electron chi connectivity index (χ4n) is 3.02. The monoisotopic (exact) mass is 262 g/mol. The van der Waals surface area contributed by atoms with Gasteiger partial charge >= 0.3 is 0 Å². The van der Waals surface area contributed by atoms with Gasteiger partial charge in [0.05, 0.1) is 6.04 Å². The average molecular weight is 262 g/mol. The van der Waals surface area contributed by atoms with Gasteiger partial charge in [0, 0.05) is 26.2 Å². The van der Waals surface area contributed by atoms with Crippen molar-refractivity contribution in [2.45, 2.75) is 39.7 Å². The van der Waals surface area contributed by atoms with Gasteiger partial charge in [-0.15, -0.1) is 0 Å². The molecule has 19 heavy (non-hydrogen) atoms. The van der Waals surface area contributed by atoms with Gasteiger partial charge in [0.2, 0.25) is 5.91 Å². The number of rotatable bonds is 1. The zero-order chi connectivity index (χ0) is 14.2. The van der Waals surface area contributed by atoms with Gasteiger partial charge in [0.25, 0.3) is 0 Å². The maximum atomic E-state index is 11.9. The molecule has 1 aromatic rings. The van der Waals surface area contributed by atoms with Gasteiger partial charge in [0.15, 0.2) is 0 Å².